The van der Waals surface area contributed by atoms with E-state index in [4.69, 9.17) is 0 Å². The van der Waals surface area contributed by atoms with Gasteiger partial charge in [0.05, 0.1) is 22.8 Å². The number of para-hydroxylation sites is 1. The molecule has 30 heavy (non-hydrogen) atoms. The van der Waals surface area contributed by atoms with E-state index in [-0.39, 0.29) is 5.91 Å². The molecular weight excluding hydrogens is 394 g/mol. The molecule has 0 saturated carbocycles. The summed E-state index contributed by atoms with van der Waals surface area (Å²) in [5.74, 6) is -0.0431. The summed E-state index contributed by atoms with van der Waals surface area (Å²) in [5, 5.41) is 5.45. The number of benzene rings is 1. The Balaban J connectivity index is 1.58. The smallest absolute Gasteiger partial charge is 0.265 e. The van der Waals surface area contributed by atoms with Crippen molar-refractivity contribution in [2.45, 2.75) is 27.3 Å². The van der Waals surface area contributed by atoms with Gasteiger partial charge >= 0.3 is 0 Å². The number of hydrogen-bond acceptors (Lipinski definition) is 5. The van der Waals surface area contributed by atoms with E-state index in [0.717, 1.165) is 39.0 Å². The first-order valence-electron chi connectivity index (χ1n) is 9.70. The zero-order valence-corrected chi connectivity index (χ0v) is 18.3. The zero-order valence-electron chi connectivity index (χ0n) is 17.5. The molecule has 1 aromatic carbocycles. The van der Waals surface area contributed by atoms with Crippen LogP contribution in [0.25, 0.3) is 16.4 Å². The molecule has 152 valence electrons. The molecule has 3 heterocycles. The minimum Gasteiger partial charge on any atom is -0.336 e. The molecule has 0 radical (unpaired) electrons. The van der Waals surface area contributed by atoms with Gasteiger partial charge in [0.2, 0.25) is 0 Å². The molecule has 3 aromatic heterocycles. The van der Waals surface area contributed by atoms with E-state index in [2.05, 4.69) is 15.1 Å². The van der Waals surface area contributed by atoms with Gasteiger partial charge in [-0.1, -0.05) is 24.3 Å². The van der Waals surface area contributed by atoms with E-state index in [9.17, 15) is 4.79 Å². The topological polar surface area (TPSA) is 63.9 Å². The quantitative estimate of drug-likeness (QED) is 0.476. The lowest BCUT2D eigenvalue weighted by Gasteiger charge is -2.17. The summed E-state index contributed by atoms with van der Waals surface area (Å²) in [4.78, 5) is 24.4. The molecule has 4 rings (SSSR count). The number of aromatic nitrogens is 4. The molecular formula is C23H23N5OS. The second kappa shape index (κ2) is 8.20. The Labute approximate surface area is 179 Å². The number of carbonyl (C=O) groups excluding carboxylic acids is 1. The van der Waals surface area contributed by atoms with Crippen LogP contribution >= 0.6 is 11.3 Å². The average Bonchev–Trinajstić information content (AvgIpc) is 3.29. The Kier molecular flexibility index (Phi) is 5.46. The minimum absolute atomic E-state index is 0.0431. The van der Waals surface area contributed by atoms with Gasteiger partial charge in [0.25, 0.3) is 5.91 Å². The Morgan fingerprint density at radius 2 is 1.77 bits per heavy atom. The summed E-state index contributed by atoms with van der Waals surface area (Å²) in [6.07, 6.45) is 1.73. The Hall–Kier alpha value is -3.32. The number of rotatable bonds is 5. The largest absolute Gasteiger partial charge is 0.336 e. The highest BCUT2D eigenvalue weighted by molar-refractivity contribution is 7.17. The molecule has 0 N–H and O–H groups in total. The van der Waals surface area contributed by atoms with Crippen LogP contribution in [0.5, 0.6) is 0 Å². The van der Waals surface area contributed by atoms with Crippen LogP contribution in [-0.4, -0.2) is 37.6 Å². The maximum Gasteiger partial charge on any atom is 0.265 e. The first-order valence-corrected chi connectivity index (χ1v) is 10.5. The molecule has 0 saturated heterocycles. The van der Waals surface area contributed by atoms with Crippen LogP contribution in [-0.2, 0) is 6.54 Å². The van der Waals surface area contributed by atoms with Crippen LogP contribution in [0.4, 0.5) is 0 Å². The lowest BCUT2D eigenvalue weighted by atomic mass is 10.2. The van der Waals surface area contributed by atoms with Gasteiger partial charge in [-0.15, -0.1) is 11.3 Å². The highest BCUT2D eigenvalue weighted by atomic mass is 32.1. The summed E-state index contributed by atoms with van der Waals surface area (Å²) in [7, 11) is 1.82. The van der Waals surface area contributed by atoms with Crippen molar-refractivity contribution < 1.29 is 4.79 Å². The van der Waals surface area contributed by atoms with E-state index in [1.54, 1.807) is 11.1 Å². The fourth-order valence-electron chi connectivity index (χ4n) is 3.40. The highest BCUT2D eigenvalue weighted by Gasteiger charge is 2.22. The lowest BCUT2D eigenvalue weighted by molar-refractivity contribution is 0.0788. The van der Waals surface area contributed by atoms with Crippen molar-refractivity contribution in [1.82, 2.24) is 24.6 Å². The van der Waals surface area contributed by atoms with Crippen LogP contribution in [0, 0.1) is 20.8 Å². The molecule has 4 aromatic rings. The van der Waals surface area contributed by atoms with E-state index >= 15 is 0 Å². The SMILES string of the molecule is Cc1nc(-c2ccccn2)sc1C(=O)N(C)Cc1c(C)nn(-c2ccccc2)c1C. The first-order chi connectivity index (χ1) is 14.5. The third-order valence-corrected chi connectivity index (χ3v) is 6.23. The van der Waals surface area contributed by atoms with Gasteiger partial charge < -0.3 is 4.90 Å². The molecule has 0 atom stereocenters. The van der Waals surface area contributed by atoms with Gasteiger partial charge in [-0.05, 0) is 45.0 Å². The van der Waals surface area contributed by atoms with Crippen LogP contribution in [0.15, 0.2) is 54.7 Å². The van der Waals surface area contributed by atoms with Crippen molar-refractivity contribution in [1.29, 1.82) is 0 Å². The van der Waals surface area contributed by atoms with Crippen LogP contribution in [0.1, 0.15) is 32.3 Å². The van der Waals surface area contributed by atoms with Gasteiger partial charge in [0.1, 0.15) is 9.88 Å². The van der Waals surface area contributed by atoms with Crippen molar-refractivity contribution in [3.05, 3.63) is 82.3 Å². The molecule has 0 fully saturated rings. The van der Waals surface area contributed by atoms with Crippen molar-refractivity contribution in [2.24, 2.45) is 0 Å². The Morgan fingerprint density at radius 3 is 2.47 bits per heavy atom. The molecule has 6 nitrogen and oxygen atoms in total. The molecule has 0 unspecified atom stereocenters. The van der Waals surface area contributed by atoms with Gasteiger partial charge in [-0.25, -0.2) is 9.67 Å². The second-order valence-electron chi connectivity index (χ2n) is 7.21. The minimum atomic E-state index is -0.0431. The number of aryl methyl sites for hydroxylation is 2. The molecule has 0 aliphatic heterocycles. The Bertz CT molecular complexity index is 1180. The molecule has 1 amide bonds. The summed E-state index contributed by atoms with van der Waals surface area (Å²) < 4.78 is 1.93. The van der Waals surface area contributed by atoms with Crippen molar-refractivity contribution in [2.75, 3.05) is 7.05 Å². The predicted molar refractivity (Wildman–Crippen MR) is 119 cm³/mol. The van der Waals surface area contributed by atoms with Gasteiger partial charge in [0, 0.05) is 31.0 Å². The van der Waals surface area contributed by atoms with Gasteiger partial charge in [-0.2, -0.15) is 5.10 Å². The number of thiazole rings is 1. The fraction of sp³-hybridized carbons (Fsp3) is 0.217. The molecule has 0 aliphatic rings. The maximum absolute atomic E-state index is 13.2. The Morgan fingerprint density at radius 1 is 1.03 bits per heavy atom. The molecule has 0 aliphatic carbocycles. The van der Waals surface area contributed by atoms with Gasteiger partial charge in [-0.3, -0.25) is 9.78 Å². The standard InChI is InChI=1S/C23H23N5OS/c1-15-19(17(3)28(26-15)18-10-6-5-7-11-18)14-27(4)23(29)21-16(2)25-22(30-21)20-12-8-9-13-24-20/h5-13H,14H2,1-4H3. The normalized spacial score (nSPS) is 10.9. The maximum atomic E-state index is 13.2. The van der Waals surface area contributed by atoms with E-state index < -0.39 is 0 Å². The summed E-state index contributed by atoms with van der Waals surface area (Å²) >= 11 is 1.38. The zero-order chi connectivity index (χ0) is 21.3. The van der Waals surface area contributed by atoms with Crippen molar-refractivity contribution >= 4 is 17.2 Å². The predicted octanol–water partition coefficient (Wildman–Crippen LogP) is 4.59. The summed E-state index contributed by atoms with van der Waals surface area (Å²) in [6.45, 7) is 6.38. The van der Waals surface area contributed by atoms with Crippen molar-refractivity contribution in [3.63, 3.8) is 0 Å². The number of amides is 1. The molecule has 0 bridgehead atoms. The first kappa shape index (κ1) is 20.0. The third kappa shape index (κ3) is 3.76. The number of pyridine rings is 1. The average molecular weight is 418 g/mol. The summed E-state index contributed by atoms with van der Waals surface area (Å²) in [6, 6.07) is 15.7. The number of hydrogen-bond donors (Lipinski definition) is 0. The molecule has 0 spiro atoms. The van der Waals surface area contributed by atoms with Gasteiger partial charge in [0.15, 0.2) is 0 Å². The highest BCUT2D eigenvalue weighted by Crippen LogP contribution is 2.28. The molecule has 7 heteroatoms. The lowest BCUT2D eigenvalue weighted by Crippen LogP contribution is -2.26. The third-order valence-electron chi connectivity index (χ3n) is 5.06. The second-order valence-corrected chi connectivity index (χ2v) is 8.21. The van der Waals surface area contributed by atoms with E-state index in [1.165, 1.54) is 11.3 Å². The number of nitrogens with zero attached hydrogens (tertiary/aromatic N) is 5. The van der Waals surface area contributed by atoms with E-state index in [1.807, 2.05) is 81.0 Å². The fourth-order valence-corrected chi connectivity index (χ4v) is 4.44. The summed E-state index contributed by atoms with van der Waals surface area (Å²) in [5.41, 5.74) is 5.53. The van der Waals surface area contributed by atoms with E-state index in [0.29, 0.717) is 11.4 Å². The van der Waals surface area contributed by atoms with Crippen molar-refractivity contribution in [3.8, 4) is 16.4 Å². The van der Waals surface area contributed by atoms with Crippen LogP contribution < -0.4 is 0 Å². The number of carbonyl (C=O) groups is 1. The monoisotopic (exact) mass is 417 g/mol. The van der Waals surface area contributed by atoms with Crippen LogP contribution in [0.3, 0.4) is 0 Å². The van der Waals surface area contributed by atoms with Crippen LogP contribution in [0.2, 0.25) is 0 Å².